The standard InChI is InChI=1S/C13H23N3S/c1-10-8-13(16(2)15-10)17-9-12(14)11-6-4-3-5-7-11/h8,11-12H,3-7,9,14H2,1-2H3. The average Bonchev–Trinajstić information content (AvgIpc) is 2.66. The van der Waals surface area contributed by atoms with Crippen molar-refractivity contribution in [1.29, 1.82) is 0 Å². The molecule has 1 aromatic heterocycles. The Morgan fingerprint density at radius 2 is 2.18 bits per heavy atom. The van der Waals surface area contributed by atoms with Crippen molar-refractivity contribution in [2.24, 2.45) is 18.7 Å². The fourth-order valence-electron chi connectivity index (χ4n) is 2.60. The predicted octanol–water partition coefficient (Wildman–Crippen LogP) is 2.73. The molecule has 1 aliphatic rings. The Hall–Kier alpha value is -0.480. The van der Waals surface area contributed by atoms with E-state index in [4.69, 9.17) is 5.73 Å². The van der Waals surface area contributed by atoms with Crippen LogP contribution in [-0.2, 0) is 7.05 Å². The van der Waals surface area contributed by atoms with Crippen molar-refractivity contribution in [3.63, 3.8) is 0 Å². The molecule has 3 nitrogen and oxygen atoms in total. The van der Waals surface area contributed by atoms with E-state index in [1.165, 1.54) is 37.1 Å². The van der Waals surface area contributed by atoms with E-state index in [1.54, 1.807) is 0 Å². The summed E-state index contributed by atoms with van der Waals surface area (Å²) in [5.41, 5.74) is 7.39. The second-order valence-corrected chi connectivity index (χ2v) is 6.16. The van der Waals surface area contributed by atoms with E-state index < -0.39 is 0 Å². The van der Waals surface area contributed by atoms with Crippen LogP contribution < -0.4 is 5.73 Å². The number of nitrogens with two attached hydrogens (primary N) is 1. The third kappa shape index (κ3) is 3.49. The van der Waals surface area contributed by atoms with Crippen molar-refractivity contribution in [1.82, 2.24) is 9.78 Å². The Balaban J connectivity index is 1.82. The van der Waals surface area contributed by atoms with Gasteiger partial charge < -0.3 is 5.73 Å². The van der Waals surface area contributed by atoms with Gasteiger partial charge in [-0.25, -0.2) is 0 Å². The summed E-state index contributed by atoms with van der Waals surface area (Å²) < 4.78 is 1.95. The van der Waals surface area contributed by atoms with Gasteiger partial charge in [-0.3, -0.25) is 4.68 Å². The van der Waals surface area contributed by atoms with Gasteiger partial charge in [0.2, 0.25) is 0 Å². The molecule has 1 saturated carbocycles. The molecule has 17 heavy (non-hydrogen) atoms. The fraction of sp³-hybridized carbons (Fsp3) is 0.769. The third-order valence-corrected chi connectivity index (χ3v) is 4.87. The van der Waals surface area contributed by atoms with Crippen molar-refractivity contribution in [3.05, 3.63) is 11.8 Å². The summed E-state index contributed by atoms with van der Waals surface area (Å²) in [4.78, 5) is 0. The van der Waals surface area contributed by atoms with Crippen molar-refractivity contribution < 1.29 is 0 Å². The zero-order valence-electron chi connectivity index (χ0n) is 10.9. The molecule has 1 heterocycles. The smallest absolute Gasteiger partial charge is 0.0939 e. The van der Waals surface area contributed by atoms with Gasteiger partial charge in [-0.2, -0.15) is 5.10 Å². The van der Waals surface area contributed by atoms with Crippen LogP contribution in [0.3, 0.4) is 0 Å². The minimum atomic E-state index is 0.343. The van der Waals surface area contributed by atoms with Crippen LogP contribution in [0.5, 0.6) is 0 Å². The molecule has 1 fully saturated rings. The van der Waals surface area contributed by atoms with E-state index >= 15 is 0 Å². The molecular formula is C13H23N3S. The first kappa shape index (κ1) is 13.0. The molecule has 0 radical (unpaired) electrons. The summed E-state index contributed by atoms with van der Waals surface area (Å²) >= 11 is 1.85. The van der Waals surface area contributed by atoms with Crippen LogP contribution in [0.4, 0.5) is 0 Å². The van der Waals surface area contributed by atoms with Crippen molar-refractivity contribution >= 4 is 11.8 Å². The van der Waals surface area contributed by atoms with Gasteiger partial charge in [0.15, 0.2) is 0 Å². The highest BCUT2D eigenvalue weighted by Crippen LogP contribution is 2.28. The first-order chi connectivity index (χ1) is 8.16. The lowest BCUT2D eigenvalue weighted by Gasteiger charge is -2.27. The summed E-state index contributed by atoms with van der Waals surface area (Å²) in [6.07, 6.45) is 6.79. The molecule has 96 valence electrons. The van der Waals surface area contributed by atoms with E-state index in [2.05, 4.69) is 11.2 Å². The molecule has 0 amide bonds. The van der Waals surface area contributed by atoms with Gasteiger partial charge in [0, 0.05) is 18.8 Å². The molecule has 2 rings (SSSR count). The zero-order valence-corrected chi connectivity index (χ0v) is 11.7. The van der Waals surface area contributed by atoms with Gasteiger partial charge in [-0.1, -0.05) is 19.3 Å². The largest absolute Gasteiger partial charge is 0.327 e. The van der Waals surface area contributed by atoms with Gasteiger partial charge in [-0.15, -0.1) is 11.8 Å². The lowest BCUT2D eigenvalue weighted by Crippen LogP contribution is -2.33. The highest BCUT2D eigenvalue weighted by atomic mass is 32.2. The molecule has 0 saturated heterocycles. The molecule has 1 aromatic rings. The Morgan fingerprint density at radius 3 is 2.76 bits per heavy atom. The minimum Gasteiger partial charge on any atom is -0.327 e. The summed E-state index contributed by atoms with van der Waals surface area (Å²) in [6.45, 7) is 2.03. The monoisotopic (exact) mass is 253 g/mol. The van der Waals surface area contributed by atoms with E-state index in [9.17, 15) is 0 Å². The molecule has 0 bridgehead atoms. The molecule has 1 unspecified atom stereocenters. The summed E-state index contributed by atoms with van der Waals surface area (Å²) in [5.74, 6) is 1.76. The van der Waals surface area contributed by atoms with Crippen molar-refractivity contribution in [3.8, 4) is 0 Å². The second-order valence-electron chi connectivity index (χ2n) is 5.12. The highest BCUT2D eigenvalue weighted by Gasteiger charge is 2.20. The minimum absolute atomic E-state index is 0.343. The Kier molecular flexibility index (Phi) is 4.51. The highest BCUT2D eigenvalue weighted by molar-refractivity contribution is 7.99. The average molecular weight is 253 g/mol. The van der Waals surface area contributed by atoms with Crippen LogP contribution in [0.1, 0.15) is 37.8 Å². The lowest BCUT2D eigenvalue weighted by molar-refractivity contribution is 0.319. The van der Waals surface area contributed by atoms with Crippen LogP contribution in [0.2, 0.25) is 0 Å². The SMILES string of the molecule is Cc1cc(SCC(N)C2CCCCC2)n(C)n1. The Labute approximate surface area is 108 Å². The van der Waals surface area contributed by atoms with Crippen LogP contribution in [0.15, 0.2) is 11.1 Å². The summed E-state index contributed by atoms with van der Waals surface area (Å²) in [7, 11) is 2.00. The predicted molar refractivity (Wildman–Crippen MR) is 73.2 cm³/mol. The molecule has 1 aliphatic carbocycles. The number of aryl methyl sites for hydroxylation is 2. The molecule has 0 spiro atoms. The summed E-state index contributed by atoms with van der Waals surface area (Å²) in [6, 6.07) is 2.48. The van der Waals surface area contributed by atoms with Crippen LogP contribution in [-0.4, -0.2) is 21.6 Å². The van der Waals surface area contributed by atoms with Crippen LogP contribution >= 0.6 is 11.8 Å². The first-order valence-corrected chi connectivity index (χ1v) is 7.54. The maximum Gasteiger partial charge on any atom is 0.0939 e. The number of rotatable bonds is 4. The molecule has 2 N–H and O–H groups in total. The van der Waals surface area contributed by atoms with Crippen molar-refractivity contribution in [2.45, 2.75) is 50.1 Å². The van der Waals surface area contributed by atoms with Gasteiger partial charge in [0.25, 0.3) is 0 Å². The fourth-order valence-corrected chi connectivity index (χ4v) is 3.72. The number of hydrogen-bond donors (Lipinski definition) is 1. The summed E-state index contributed by atoms with van der Waals surface area (Å²) in [5, 5.41) is 5.59. The molecule has 0 aliphatic heterocycles. The number of hydrogen-bond acceptors (Lipinski definition) is 3. The molecule has 1 atom stereocenters. The van der Waals surface area contributed by atoms with Crippen LogP contribution in [0, 0.1) is 12.8 Å². The second kappa shape index (κ2) is 5.91. The van der Waals surface area contributed by atoms with Crippen LogP contribution in [0.25, 0.3) is 0 Å². The van der Waals surface area contributed by atoms with E-state index in [0.29, 0.717) is 6.04 Å². The number of thioether (sulfide) groups is 1. The van der Waals surface area contributed by atoms with Gasteiger partial charge in [0.05, 0.1) is 10.7 Å². The maximum absolute atomic E-state index is 6.30. The van der Waals surface area contributed by atoms with Gasteiger partial charge in [0.1, 0.15) is 0 Å². The van der Waals surface area contributed by atoms with Crippen molar-refractivity contribution in [2.75, 3.05) is 5.75 Å². The third-order valence-electron chi connectivity index (χ3n) is 3.64. The Bertz CT molecular complexity index is 356. The molecule has 0 aromatic carbocycles. The normalized spacial score (nSPS) is 19.5. The number of nitrogens with zero attached hydrogens (tertiary/aromatic N) is 2. The zero-order chi connectivity index (χ0) is 12.3. The first-order valence-electron chi connectivity index (χ1n) is 6.56. The molecule has 4 heteroatoms. The maximum atomic E-state index is 6.30. The number of aromatic nitrogens is 2. The topological polar surface area (TPSA) is 43.8 Å². The Morgan fingerprint density at radius 1 is 1.47 bits per heavy atom. The van der Waals surface area contributed by atoms with E-state index in [-0.39, 0.29) is 0 Å². The quantitative estimate of drug-likeness (QED) is 0.839. The van der Waals surface area contributed by atoms with E-state index in [1.807, 2.05) is 30.4 Å². The van der Waals surface area contributed by atoms with E-state index in [0.717, 1.165) is 17.4 Å². The van der Waals surface area contributed by atoms with Gasteiger partial charge >= 0.3 is 0 Å². The lowest BCUT2D eigenvalue weighted by atomic mass is 9.85. The van der Waals surface area contributed by atoms with Gasteiger partial charge in [-0.05, 0) is 31.7 Å². The molecular weight excluding hydrogens is 230 g/mol.